The van der Waals surface area contributed by atoms with Gasteiger partial charge in [-0.1, -0.05) is 382 Å². The molecule has 0 heterocycles. The van der Waals surface area contributed by atoms with Crippen LogP contribution in [-0.2, 0) is 65.4 Å². The molecule has 102 heavy (non-hydrogen) atoms. The van der Waals surface area contributed by atoms with Crippen LogP contribution >= 0.6 is 15.6 Å². The third-order valence-electron chi connectivity index (χ3n) is 19.7. The number of esters is 4. The maximum atomic E-state index is 13.1. The van der Waals surface area contributed by atoms with Gasteiger partial charge < -0.3 is 33.8 Å². The van der Waals surface area contributed by atoms with Gasteiger partial charge in [0.2, 0.25) is 0 Å². The summed E-state index contributed by atoms with van der Waals surface area (Å²) in [5.41, 5.74) is 0. The number of hydrogen-bond donors (Lipinski definition) is 3. The quantitative estimate of drug-likeness (QED) is 0.0222. The van der Waals surface area contributed by atoms with Gasteiger partial charge in [0.05, 0.1) is 26.4 Å². The van der Waals surface area contributed by atoms with Gasteiger partial charge in [0.25, 0.3) is 0 Å². The molecule has 0 aromatic carbocycles. The second-order valence-corrected chi connectivity index (χ2v) is 34.0. The highest BCUT2D eigenvalue weighted by molar-refractivity contribution is 7.47. The zero-order valence-electron chi connectivity index (χ0n) is 67.1. The predicted molar refractivity (Wildman–Crippen MR) is 418 cm³/mol. The Morgan fingerprint density at radius 2 is 0.500 bits per heavy atom. The van der Waals surface area contributed by atoms with Gasteiger partial charge in [-0.15, -0.1) is 0 Å². The predicted octanol–water partition coefficient (Wildman–Crippen LogP) is 24.9. The summed E-state index contributed by atoms with van der Waals surface area (Å²) in [5, 5.41) is 10.7. The minimum absolute atomic E-state index is 0.106. The average molecular weight is 1490 g/mol. The Bertz CT molecular complexity index is 1980. The van der Waals surface area contributed by atoms with Crippen LogP contribution in [0.15, 0.2) is 0 Å². The number of ether oxygens (including phenoxy) is 4. The van der Waals surface area contributed by atoms with Gasteiger partial charge in [-0.3, -0.25) is 37.3 Å². The van der Waals surface area contributed by atoms with Crippen molar-refractivity contribution in [3.05, 3.63) is 0 Å². The largest absolute Gasteiger partial charge is 0.472 e. The topological polar surface area (TPSA) is 237 Å². The van der Waals surface area contributed by atoms with E-state index in [4.69, 9.17) is 37.0 Å². The maximum absolute atomic E-state index is 13.1. The lowest BCUT2D eigenvalue weighted by atomic mass is 10.00. The molecule has 0 aliphatic carbocycles. The number of hydrogen-bond acceptors (Lipinski definition) is 15. The molecule has 0 spiro atoms. The molecule has 6 atom stereocenters. The van der Waals surface area contributed by atoms with Gasteiger partial charge >= 0.3 is 39.5 Å². The van der Waals surface area contributed by atoms with Crippen LogP contribution in [-0.4, -0.2) is 96.7 Å². The molecule has 0 bridgehead atoms. The van der Waals surface area contributed by atoms with Crippen LogP contribution < -0.4 is 0 Å². The minimum atomic E-state index is -4.96. The average Bonchev–Trinajstić information content (AvgIpc) is 0.993. The van der Waals surface area contributed by atoms with Crippen molar-refractivity contribution < 1.29 is 80.2 Å². The lowest BCUT2D eigenvalue weighted by molar-refractivity contribution is -0.161. The third-order valence-corrected chi connectivity index (χ3v) is 21.6. The summed E-state index contributed by atoms with van der Waals surface area (Å²) < 4.78 is 68.8. The number of rotatable bonds is 81. The second kappa shape index (κ2) is 73.2. The van der Waals surface area contributed by atoms with E-state index in [1.165, 1.54) is 238 Å². The van der Waals surface area contributed by atoms with Crippen LogP contribution in [0.5, 0.6) is 0 Å². The van der Waals surface area contributed by atoms with Crippen LogP contribution in [0.2, 0.25) is 0 Å². The van der Waals surface area contributed by atoms with Crippen molar-refractivity contribution in [1.82, 2.24) is 0 Å². The first-order valence-electron chi connectivity index (χ1n) is 42.9. The highest BCUT2D eigenvalue weighted by atomic mass is 31.2. The Morgan fingerprint density at radius 1 is 0.284 bits per heavy atom. The van der Waals surface area contributed by atoms with Gasteiger partial charge in [0, 0.05) is 25.7 Å². The van der Waals surface area contributed by atoms with E-state index in [-0.39, 0.29) is 25.7 Å². The molecule has 0 saturated heterocycles. The van der Waals surface area contributed by atoms with Gasteiger partial charge in [-0.25, -0.2) is 9.13 Å². The highest BCUT2D eigenvalue weighted by Gasteiger charge is 2.30. The van der Waals surface area contributed by atoms with E-state index in [0.717, 1.165) is 114 Å². The van der Waals surface area contributed by atoms with Crippen LogP contribution in [0.1, 0.15) is 434 Å². The molecule has 0 saturated carbocycles. The van der Waals surface area contributed by atoms with E-state index >= 15 is 0 Å². The molecule has 17 nitrogen and oxygen atoms in total. The summed E-state index contributed by atoms with van der Waals surface area (Å²) in [6.07, 6.45) is 62.5. The van der Waals surface area contributed by atoms with Crippen LogP contribution in [0.25, 0.3) is 0 Å². The van der Waals surface area contributed by atoms with Crippen molar-refractivity contribution in [2.24, 2.45) is 17.8 Å². The molecule has 0 aliphatic heterocycles. The summed E-state index contributed by atoms with van der Waals surface area (Å²) in [4.78, 5) is 73.1. The number of phosphoric ester groups is 2. The zero-order chi connectivity index (χ0) is 75.1. The fraction of sp³-hybridized carbons (Fsp3) is 0.952. The van der Waals surface area contributed by atoms with Crippen molar-refractivity contribution >= 4 is 39.5 Å². The van der Waals surface area contributed by atoms with E-state index in [1.54, 1.807) is 0 Å². The smallest absolute Gasteiger partial charge is 0.462 e. The van der Waals surface area contributed by atoms with Gasteiger partial charge in [-0.05, 0) is 43.4 Å². The van der Waals surface area contributed by atoms with Crippen molar-refractivity contribution in [2.45, 2.75) is 452 Å². The van der Waals surface area contributed by atoms with Gasteiger partial charge in [-0.2, -0.15) is 0 Å². The number of aliphatic hydroxyl groups is 1. The Kier molecular flexibility index (Phi) is 71.8. The van der Waals surface area contributed by atoms with Crippen LogP contribution in [0.4, 0.5) is 0 Å². The number of unbranched alkanes of at least 4 members (excludes halogenated alkanes) is 48. The SMILES string of the molecule is CCCCCCCCCCCCCCCCCCCC(=O)OC[C@H](COP(=O)(O)OC[C@@H](O)COP(=O)(O)OC[C@@H](COC(=O)CCCCCCCCC(C)CC)OC(=O)CCCCCCCCCCCCCCCC(C)C)OC(=O)CCCCCCCCCCCCCCCCCCC(C)C. The maximum Gasteiger partial charge on any atom is 0.472 e. The first-order chi connectivity index (χ1) is 49.3. The van der Waals surface area contributed by atoms with Gasteiger partial charge in [0.15, 0.2) is 12.2 Å². The fourth-order valence-corrected chi connectivity index (χ4v) is 14.4. The van der Waals surface area contributed by atoms with E-state index in [0.29, 0.717) is 25.7 Å². The lowest BCUT2D eigenvalue weighted by Crippen LogP contribution is -2.30. The molecule has 0 radical (unpaired) electrons. The van der Waals surface area contributed by atoms with E-state index in [1.807, 2.05) is 0 Å². The number of aliphatic hydroxyl groups excluding tert-OH is 1. The molecular weight excluding hydrogens is 1330 g/mol. The molecule has 0 aliphatic rings. The molecule has 0 fully saturated rings. The van der Waals surface area contributed by atoms with Crippen molar-refractivity contribution in [3.63, 3.8) is 0 Å². The molecule has 606 valence electrons. The van der Waals surface area contributed by atoms with Crippen LogP contribution in [0, 0.1) is 17.8 Å². The Morgan fingerprint density at radius 3 is 0.745 bits per heavy atom. The summed E-state index contributed by atoms with van der Waals surface area (Å²) in [6.45, 7) is 12.0. The number of carbonyl (C=O) groups is 4. The molecule has 0 aromatic rings. The molecule has 0 amide bonds. The van der Waals surface area contributed by atoms with Crippen molar-refractivity contribution in [3.8, 4) is 0 Å². The Hall–Kier alpha value is -1.94. The number of carbonyl (C=O) groups excluding carboxylic acids is 4. The number of phosphoric acid groups is 2. The molecule has 3 unspecified atom stereocenters. The van der Waals surface area contributed by atoms with E-state index in [9.17, 15) is 43.2 Å². The molecular formula is C83H162O17P2. The first kappa shape index (κ1) is 100. The monoisotopic (exact) mass is 1490 g/mol. The molecule has 19 heteroatoms. The van der Waals surface area contributed by atoms with Crippen molar-refractivity contribution in [2.75, 3.05) is 39.6 Å². The Balaban J connectivity index is 5.24. The first-order valence-corrected chi connectivity index (χ1v) is 45.9. The zero-order valence-corrected chi connectivity index (χ0v) is 68.9. The summed E-state index contributed by atoms with van der Waals surface area (Å²) in [5.74, 6) is 0.218. The highest BCUT2D eigenvalue weighted by Crippen LogP contribution is 2.45. The van der Waals surface area contributed by atoms with E-state index < -0.39 is 97.5 Å². The summed E-state index contributed by atoms with van der Waals surface area (Å²) in [6, 6.07) is 0. The van der Waals surface area contributed by atoms with Crippen LogP contribution in [0.3, 0.4) is 0 Å². The summed E-state index contributed by atoms with van der Waals surface area (Å²) in [7, 11) is -9.92. The fourth-order valence-electron chi connectivity index (χ4n) is 12.8. The second-order valence-electron chi connectivity index (χ2n) is 31.1. The Labute approximate surface area is 626 Å². The summed E-state index contributed by atoms with van der Waals surface area (Å²) >= 11 is 0. The lowest BCUT2D eigenvalue weighted by Gasteiger charge is -2.21. The van der Waals surface area contributed by atoms with E-state index in [2.05, 4.69) is 48.5 Å². The van der Waals surface area contributed by atoms with Crippen molar-refractivity contribution in [1.29, 1.82) is 0 Å². The minimum Gasteiger partial charge on any atom is -0.462 e. The molecule has 3 N–H and O–H groups in total. The molecule has 0 aromatic heterocycles. The molecule has 0 rings (SSSR count). The van der Waals surface area contributed by atoms with Gasteiger partial charge in [0.1, 0.15) is 19.3 Å². The normalized spacial score (nSPS) is 14.2. The third kappa shape index (κ3) is 74.9. The standard InChI is InChI=1S/C83H162O17P2/c1-8-10-11-12-13-14-15-16-17-18-22-27-32-37-42-50-57-64-80(85)93-70-78(99-82(87)66-59-52-43-38-33-28-23-20-19-21-25-30-35-40-47-54-61-74(3)4)72-97-101(89,90)95-68-77(84)69-96-102(91,92)98-73-79(71-94-81(86)65-58-51-46-45-49-56-63-76(7)9-2)100-83(88)67-60-53-44-39-34-29-24-26-31-36-41-48-55-62-75(5)6/h74-79,84H,8-73H2,1-7H3,(H,89,90)(H,91,92)/t76?,77-,78-,79-/m1/s1.